The predicted molar refractivity (Wildman–Crippen MR) is 86.8 cm³/mol. The van der Waals surface area contributed by atoms with Gasteiger partial charge in [-0.05, 0) is 33.6 Å². The molecule has 6 heteroatoms. The van der Waals surface area contributed by atoms with E-state index in [9.17, 15) is 14.7 Å². The molecule has 1 aliphatic rings. The van der Waals surface area contributed by atoms with Crippen molar-refractivity contribution >= 4 is 11.9 Å². The maximum absolute atomic E-state index is 12.7. The number of carbonyl (C=O) groups excluding carboxylic acids is 1. The normalized spacial score (nSPS) is 20.5. The Bertz CT molecular complexity index is 633. The topological polar surface area (TPSA) is 75.4 Å². The molecule has 0 bridgehead atoms. The molecule has 1 aromatic rings. The second kappa shape index (κ2) is 6.98. The van der Waals surface area contributed by atoms with Crippen LogP contribution >= 0.6 is 0 Å². The lowest BCUT2D eigenvalue weighted by molar-refractivity contribution is -0.150. The van der Waals surface area contributed by atoms with Gasteiger partial charge in [-0.1, -0.05) is 12.2 Å². The van der Waals surface area contributed by atoms with E-state index in [-0.39, 0.29) is 5.91 Å². The van der Waals surface area contributed by atoms with E-state index in [1.54, 1.807) is 11.9 Å². The molecule has 0 aliphatic heterocycles. The van der Waals surface area contributed by atoms with Crippen molar-refractivity contribution in [3.8, 4) is 0 Å². The van der Waals surface area contributed by atoms with Crippen LogP contribution in [0.15, 0.2) is 12.2 Å². The Balaban J connectivity index is 2.15. The number of carboxylic acids is 1. The molecule has 0 aromatic carbocycles. The maximum atomic E-state index is 12.7. The van der Waals surface area contributed by atoms with E-state index in [1.807, 2.05) is 37.6 Å². The van der Waals surface area contributed by atoms with Gasteiger partial charge in [0.25, 0.3) is 0 Å². The molecule has 1 aliphatic carbocycles. The molecule has 1 N–H and O–H groups in total. The van der Waals surface area contributed by atoms with Crippen molar-refractivity contribution in [3.63, 3.8) is 0 Å². The monoisotopic (exact) mass is 319 g/mol. The lowest BCUT2D eigenvalue weighted by Crippen LogP contribution is -2.39. The molecule has 126 valence electrons. The van der Waals surface area contributed by atoms with Gasteiger partial charge in [-0.15, -0.1) is 0 Å². The van der Waals surface area contributed by atoms with Crippen LogP contribution in [0.3, 0.4) is 0 Å². The van der Waals surface area contributed by atoms with E-state index >= 15 is 0 Å². The van der Waals surface area contributed by atoms with Crippen molar-refractivity contribution in [3.05, 3.63) is 29.1 Å². The molecular weight excluding hydrogens is 294 g/mol. The van der Waals surface area contributed by atoms with Crippen LogP contribution < -0.4 is 0 Å². The van der Waals surface area contributed by atoms with Gasteiger partial charge in [0.05, 0.1) is 17.5 Å². The third-order valence-electron chi connectivity index (χ3n) is 4.67. The highest BCUT2D eigenvalue weighted by Gasteiger charge is 2.35. The number of aryl methyl sites for hydroxylation is 2. The number of amides is 1. The molecule has 23 heavy (non-hydrogen) atoms. The molecule has 0 radical (unpaired) electrons. The van der Waals surface area contributed by atoms with E-state index in [0.29, 0.717) is 19.4 Å². The molecule has 0 fully saturated rings. The van der Waals surface area contributed by atoms with E-state index in [1.165, 1.54) is 0 Å². The highest BCUT2D eigenvalue weighted by atomic mass is 16.4. The second-order valence-electron chi connectivity index (χ2n) is 6.15. The number of hydrogen-bond acceptors (Lipinski definition) is 3. The Morgan fingerprint density at radius 1 is 1.30 bits per heavy atom. The molecule has 2 atom stereocenters. The van der Waals surface area contributed by atoms with Gasteiger partial charge in [-0.2, -0.15) is 5.10 Å². The SMILES string of the molecule is CCn1nc(C)c(CN(C)C(=O)[C@H]2CC=CC[C@H]2C(=O)O)c1C. The lowest BCUT2D eigenvalue weighted by atomic mass is 9.82. The fourth-order valence-electron chi connectivity index (χ4n) is 3.23. The molecule has 1 aromatic heterocycles. The first-order chi connectivity index (χ1) is 10.9. The molecular formula is C17H25N3O3. The van der Waals surface area contributed by atoms with E-state index in [4.69, 9.17) is 0 Å². The summed E-state index contributed by atoms with van der Waals surface area (Å²) < 4.78 is 1.92. The second-order valence-corrected chi connectivity index (χ2v) is 6.15. The number of carbonyl (C=O) groups is 2. The average Bonchev–Trinajstić information content (AvgIpc) is 2.81. The summed E-state index contributed by atoms with van der Waals surface area (Å²) in [6.07, 6.45) is 4.67. The van der Waals surface area contributed by atoms with Crippen molar-refractivity contribution in [2.45, 2.75) is 46.7 Å². The molecule has 1 amide bonds. The van der Waals surface area contributed by atoms with Gasteiger partial charge in [0.2, 0.25) is 5.91 Å². The van der Waals surface area contributed by atoms with Crippen LogP contribution in [0.4, 0.5) is 0 Å². The summed E-state index contributed by atoms with van der Waals surface area (Å²) in [5.41, 5.74) is 3.02. The Morgan fingerprint density at radius 2 is 1.91 bits per heavy atom. The van der Waals surface area contributed by atoms with Gasteiger partial charge in [-0.25, -0.2) is 0 Å². The van der Waals surface area contributed by atoms with Crippen molar-refractivity contribution in [1.29, 1.82) is 0 Å². The molecule has 1 heterocycles. The van der Waals surface area contributed by atoms with Crippen molar-refractivity contribution in [2.24, 2.45) is 11.8 Å². The summed E-state index contributed by atoms with van der Waals surface area (Å²) in [5.74, 6) is -2.11. The van der Waals surface area contributed by atoms with E-state index < -0.39 is 17.8 Å². The Morgan fingerprint density at radius 3 is 2.43 bits per heavy atom. The number of aromatic nitrogens is 2. The summed E-state index contributed by atoms with van der Waals surface area (Å²) in [5, 5.41) is 13.8. The van der Waals surface area contributed by atoms with Crippen LogP contribution in [0.25, 0.3) is 0 Å². The number of aliphatic carboxylic acids is 1. The van der Waals surface area contributed by atoms with Crippen LogP contribution in [0, 0.1) is 25.7 Å². The lowest BCUT2D eigenvalue weighted by Gasteiger charge is -2.28. The third kappa shape index (κ3) is 3.46. The van der Waals surface area contributed by atoms with Crippen LogP contribution in [0.2, 0.25) is 0 Å². The third-order valence-corrected chi connectivity index (χ3v) is 4.67. The number of carboxylic acid groups (broad SMARTS) is 1. The predicted octanol–water partition coefficient (Wildman–Crippen LogP) is 2.15. The minimum atomic E-state index is -0.896. The zero-order valence-electron chi connectivity index (χ0n) is 14.2. The summed E-state index contributed by atoms with van der Waals surface area (Å²) in [4.78, 5) is 25.7. The van der Waals surface area contributed by atoms with Crippen LogP contribution in [-0.4, -0.2) is 38.7 Å². The number of rotatable bonds is 5. The standard InChI is InChI=1S/C17H25N3O3/c1-5-20-12(3)15(11(2)18-20)10-19(4)16(21)13-8-6-7-9-14(13)17(22)23/h6-7,13-14H,5,8-10H2,1-4H3,(H,22,23)/t13-,14+/m0/s1. The molecule has 2 rings (SSSR count). The fraction of sp³-hybridized carbons (Fsp3) is 0.588. The molecule has 6 nitrogen and oxygen atoms in total. The minimum Gasteiger partial charge on any atom is -0.481 e. The highest BCUT2D eigenvalue weighted by Crippen LogP contribution is 2.28. The highest BCUT2D eigenvalue weighted by molar-refractivity contribution is 5.85. The Kier molecular flexibility index (Phi) is 5.23. The van der Waals surface area contributed by atoms with Crippen LogP contribution in [0.1, 0.15) is 36.7 Å². The first kappa shape index (κ1) is 17.2. The zero-order chi connectivity index (χ0) is 17.1. The van der Waals surface area contributed by atoms with Crippen LogP contribution in [0.5, 0.6) is 0 Å². The number of hydrogen-bond donors (Lipinski definition) is 1. The first-order valence-corrected chi connectivity index (χ1v) is 8.02. The zero-order valence-corrected chi connectivity index (χ0v) is 14.2. The van der Waals surface area contributed by atoms with Crippen molar-refractivity contribution < 1.29 is 14.7 Å². The summed E-state index contributed by atoms with van der Waals surface area (Å²) >= 11 is 0. The van der Waals surface area contributed by atoms with Gasteiger partial charge < -0.3 is 10.0 Å². The summed E-state index contributed by atoms with van der Waals surface area (Å²) in [7, 11) is 1.74. The van der Waals surface area contributed by atoms with Gasteiger partial charge in [0.15, 0.2) is 0 Å². The van der Waals surface area contributed by atoms with Gasteiger partial charge >= 0.3 is 5.97 Å². The maximum Gasteiger partial charge on any atom is 0.307 e. The summed E-state index contributed by atoms with van der Waals surface area (Å²) in [6.45, 7) is 7.22. The smallest absolute Gasteiger partial charge is 0.307 e. The van der Waals surface area contributed by atoms with Crippen molar-refractivity contribution in [2.75, 3.05) is 7.05 Å². The van der Waals surface area contributed by atoms with Gasteiger partial charge in [0.1, 0.15) is 0 Å². The Labute approximate surface area is 136 Å². The number of allylic oxidation sites excluding steroid dienone is 2. The summed E-state index contributed by atoms with van der Waals surface area (Å²) in [6, 6.07) is 0. The Hall–Kier alpha value is -2.11. The van der Waals surface area contributed by atoms with Gasteiger partial charge in [-0.3, -0.25) is 14.3 Å². The largest absolute Gasteiger partial charge is 0.481 e. The first-order valence-electron chi connectivity index (χ1n) is 8.02. The fourth-order valence-corrected chi connectivity index (χ4v) is 3.23. The molecule has 0 spiro atoms. The average molecular weight is 319 g/mol. The number of nitrogens with zero attached hydrogens (tertiary/aromatic N) is 3. The molecule has 0 saturated heterocycles. The molecule has 0 unspecified atom stereocenters. The molecule has 0 saturated carbocycles. The van der Waals surface area contributed by atoms with E-state index in [2.05, 4.69) is 5.10 Å². The van der Waals surface area contributed by atoms with E-state index in [0.717, 1.165) is 23.5 Å². The minimum absolute atomic E-state index is 0.107. The van der Waals surface area contributed by atoms with Gasteiger partial charge in [0, 0.05) is 31.4 Å². The van der Waals surface area contributed by atoms with Crippen LogP contribution in [-0.2, 0) is 22.7 Å². The van der Waals surface area contributed by atoms with Crippen molar-refractivity contribution in [1.82, 2.24) is 14.7 Å². The quantitative estimate of drug-likeness (QED) is 0.844.